The number of nitrogens with zero attached hydrogens (tertiary/aromatic N) is 2. The SMILES string of the molecule is Nc1ccc(SCc2ccc(-n3cccn3)cc2)cc1Cl. The van der Waals surface area contributed by atoms with Crippen molar-refractivity contribution in [3.05, 3.63) is 71.5 Å². The van der Waals surface area contributed by atoms with E-state index >= 15 is 0 Å². The van der Waals surface area contributed by atoms with Crippen LogP contribution < -0.4 is 5.73 Å². The minimum absolute atomic E-state index is 0.606. The van der Waals surface area contributed by atoms with E-state index in [0.29, 0.717) is 10.7 Å². The highest BCUT2D eigenvalue weighted by molar-refractivity contribution is 7.98. The zero-order valence-electron chi connectivity index (χ0n) is 11.2. The lowest BCUT2D eigenvalue weighted by molar-refractivity contribution is 0.880. The molecule has 1 heterocycles. The molecule has 0 bridgehead atoms. The summed E-state index contributed by atoms with van der Waals surface area (Å²) in [6.45, 7) is 0. The molecule has 5 heteroatoms. The van der Waals surface area contributed by atoms with Crippen LogP contribution in [0.2, 0.25) is 5.02 Å². The maximum absolute atomic E-state index is 6.03. The van der Waals surface area contributed by atoms with Gasteiger partial charge in [0.15, 0.2) is 0 Å². The fourth-order valence-corrected chi connectivity index (χ4v) is 3.07. The molecule has 0 unspecified atom stereocenters. The van der Waals surface area contributed by atoms with Gasteiger partial charge in [0.05, 0.1) is 16.4 Å². The van der Waals surface area contributed by atoms with E-state index in [1.807, 2.05) is 35.1 Å². The van der Waals surface area contributed by atoms with Crippen LogP contribution in [0.15, 0.2) is 65.8 Å². The highest BCUT2D eigenvalue weighted by Crippen LogP contribution is 2.28. The van der Waals surface area contributed by atoms with E-state index in [1.54, 1.807) is 18.0 Å². The third-order valence-corrected chi connectivity index (χ3v) is 4.47. The van der Waals surface area contributed by atoms with Crippen LogP contribution in [0.1, 0.15) is 5.56 Å². The summed E-state index contributed by atoms with van der Waals surface area (Å²) in [5, 5.41) is 4.82. The van der Waals surface area contributed by atoms with Gasteiger partial charge in [-0.1, -0.05) is 23.7 Å². The summed E-state index contributed by atoms with van der Waals surface area (Å²) in [5.74, 6) is 0.889. The molecule has 1 aromatic heterocycles. The Morgan fingerprint density at radius 3 is 2.62 bits per heavy atom. The van der Waals surface area contributed by atoms with E-state index in [4.69, 9.17) is 17.3 Å². The maximum atomic E-state index is 6.03. The van der Waals surface area contributed by atoms with Crippen molar-refractivity contribution in [1.29, 1.82) is 0 Å². The summed E-state index contributed by atoms with van der Waals surface area (Å²) in [7, 11) is 0. The summed E-state index contributed by atoms with van der Waals surface area (Å²) in [5.41, 5.74) is 8.64. The van der Waals surface area contributed by atoms with Crippen LogP contribution >= 0.6 is 23.4 Å². The monoisotopic (exact) mass is 315 g/mol. The Bertz CT molecular complexity index is 724. The first-order valence-electron chi connectivity index (χ1n) is 6.49. The molecule has 0 fully saturated rings. The molecule has 0 aliphatic carbocycles. The van der Waals surface area contributed by atoms with Gasteiger partial charge < -0.3 is 5.73 Å². The molecule has 106 valence electrons. The predicted molar refractivity (Wildman–Crippen MR) is 89.0 cm³/mol. The van der Waals surface area contributed by atoms with Crippen molar-refractivity contribution in [3.8, 4) is 5.69 Å². The van der Waals surface area contributed by atoms with Crippen LogP contribution in [0.3, 0.4) is 0 Å². The minimum atomic E-state index is 0.606. The van der Waals surface area contributed by atoms with E-state index in [1.165, 1.54) is 5.56 Å². The molecule has 0 spiro atoms. The Labute approximate surface area is 132 Å². The number of nitrogen functional groups attached to an aromatic ring is 1. The Morgan fingerprint density at radius 2 is 1.95 bits per heavy atom. The van der Waals surface area contributed by atoms with E-state index in [0.717, 1.165) is 16.3 Å². The molecule has 3 nitrogen and oxygen atoms in total. The number of rotatable bonds is 4. The van der Waals surface area contributed by atoms with Crippen molar-refractivity contribution in [1.82, 2.24) is 9.78 Å². The van der Waals surface area contributed by atoms with E-state index in [2.05, 4.69) is 29.4 Å². The van der Waals surface area contributed by atoms with Gasteiger partial charge in [-0.25, -0.2) is 4.68 Å². The topological polar surface area (TPSA) is 43.8 Å². The molecule has 0 amide bonds. The van der Waals surface area contributed by atoms with Crippen molar-refractivity contribution in [2.24, 2.45) is 0 Å². The molecule has 2 aromatic carbocycles. The van der Waals surface area contributed by atoms with Crippen LogP contribution in [0.5, 0.6) is 0 Å². The van der Waals surface area contributed by atoms with Gasteiger partial charge in [0.25, 0.3) is 0 Å². The molecule has 3 aromatic rings. The first kappa shape index (κ1) is 14.0. The van der Waals surface area contributed by atoms with E-state index in [-0.39, 0.29) is 0 Å². The number of thioether (sulfide) groups is 1. The zero-order valence-corrected chi connectivity index (χ0v) is 12.8. The molecule has 0 radical (unpaired) electrons. The second-order valence-electron chi connectivity index (χ2n) is 4.59. The first-order valence-corrected chi connectivity index (χ1v) is 7.85. The molecule has 0 atom stereocenters. The van der Waals surface area contributed by atoms with Gasteiger partial charge in [-0.2, -0.15) is 5.10 Å². The highest BCUT2D eigenvalue weighted by Gasteiger charge is 2.01. The lowest BCUT2D eigenvalue weighted by Gasteiger charge is -2.06. The van der Waals surface area contributed by atoms with Gasteiger partial charge in [0, 0.05) is 23.0 Å². The number of halogens is 1. The standard InChI is InChI=1S/C16H14ClN3S/c17-15-10-14(6-7-16(15)18)21-11-12-2-4-13(5-3-12)20-9-1-8-19-20/h1-10H,11,18H2. The zero-order chi connectivity index (χ0) is 14.7. The van der Waals surface area contributed by atoms with Crippen molar-refractivity contribution < 1.29 is 0 Å². The van der Waals surface area contributed by atoms with Gasteiger partial charge in [0.1, 0.15) is 0 Å². The van der Waals surface area contributed by atoms with Gasteiger partial charge in [-0.3, -0.25) is 0 Å². The third-order valence-electron chi connectivity index (χ3n) is 3.08. The third kappa shape index (κ3) is 3.40. The average molecular weight is 316 g/mol. The molecular formula is C16H14ClN3S. The summed E-state index contributed by atoms with van der Waals surface area (Å²) < 4.78 is 1.84. The number of hydrogen-bond acceptors (Lipinski definition) is 3. The Kier molecular flexibility index (Phi) is 4.18. The molecular weight excluding hydrogens is 302 g/mol. The highest BCUT2D eigenvalue weighted by atomic mass is 35.5. The first-order chi connectivity index (χ1) is 10.2. The Hall–Kier alpha value is -1.91. The molecule has 0 saturated carbocycles. The van der Waals surface area contributed by atoms with Gasteiger partial charge in [0.2, 0.25) is 0 Å². The summed E-state index contributed by atoms with van der Waals surface area (Å²) in [6.07, 6.45) is 3.70. The molecule has 2 N–H and O–H groups in total. The van der Waals surface area contributed by atoms with Crippen molar-refractivity contribution in [2.75, 3.05) is 5.73 Å². The van der Waals surface area contributed by atoms with Gasteiger partial charge >= 0.3 is 0 Å². The van der Waals surface area contributed by atoms with Crippen LogP contribution in [0.25, 0.3) is 5.69 Å². The maximum Gasteiger partial charge on any atom is 0.0646 e. The fourth-order valence-electron chi connectivity index (χ4n) is 1.93. The van der Waals surface area contributed by atoms with Crippen molar-refractivity contribution in [2.45, 2.75) is 10.6 Å². The molecule has 21 heavy (non-hydrogen) atoms. The lowest BCUT2D eigenvalue weighted by atomic mass is 10.2. The average Bonchev–Trinajstić information content (AvgIpc) is 3.03. The van der Waals surface area contributed by atoms with E-state index in [9.17, 15) is 0 Å². The normalized spacial score (nSPS) is 10.7. The summed E-state index contributed by atoms with van der Waals surface area (Å²) in [4.78, 5) is 1.12. The van der Waals surface area contributed by atoms with Gasteiger partial charge in [-0.15, -0.1) is 11.8 Å². The van der Waals surface area contributed by atoms with Crippen molar-refractivity contribution in [3.63, 3.8) is 0 Å². The van der Waals surface area contributed by atoms with E-state index < -0.39 is 0 Å². The number of hydrogen-bond donors (Lipinski definition) is 1. The fraction of sp³-hybridized carbons (Fsp3) is 0.0625. The lowest BCUT2D eigenvalue weighted by Crippen LogP contribution is -1.93. The Morgan fingerprint density at radius 1 is 1.14 bits per heavy atom. The van der Waals surface area contributed by atoms with Crippen LogP contribution in [-0.4, -0.2) is 9.78 Å². The van der Waals surface area contributed by atoms with Crippen molar-refractivity contribution >= 4 is 29.1 Å². The molecule has 0 saturated heterocycles. The second-order valence-corrected chi connectivity index (χ2v) is 6.05. The quantitative estimate of drug-likeness (QED) is 0.573. The second kappa shape index (κ2) is 6.24. The number of aromatic nitrogens is 2. The predicted octanol–water partition coefficient (Wildman–Crippen LogP) is 4.40. The summed E-state index contributed by atoms with van der Waals surface area (Å²) >= 11 is 7.76. The largest absolute Gasteiger partial charge is 0.398 e. The molecule has 0 aliphatic heterocycles. The number of nitrogens with two attached hydrogens (primary N) is 1. The summed E-state index contributed by atoms with van der Waals surface area (Å²) in [6, 6.07) is 16.0. The molecule has 3 rings (SSSR count). The van der Waals surface area contributed by atoms with Gasteiger partial charge in [-0.05, 0) is 42.0 Å². The van der Waals surface area contributed by atoms with Crippen LogP contribution in [0.4, 0.5) is 5.69 Å². The van der Waals surface area contributed by atoms with Crippen LogP contribution in [0, 0.1) is 0 Å². The Balaban J connectivity index is 1.66. The molecule has 0 aliphatic rings. The number of anilines is 1. The number of benzene rings is 2. The smallest absolute Gasteiger partial charge is 0.0646 e. The minimum Gasteiger partial charge on any atom is -0.398 e. The van der Waals surface area contributed by atoms with Crippen LogP contribution in [-0.2, 0) is 5.75 Å².